The first-order valence-corrected chi connectivity index (χ1v) is 10.0. The van der Waals surface area contributed by atoms with Crippen LogP contribution < -0.4 is 5.32 Å². The summed E-state index contributed by atoms with van der Waals surface area (Å²) in [5, 5.41) is 2.37. The summed E-state index contributed by atoms with van der Waals surface area (Å²) < 4.78 is 10.6. The molecular weight excluding hydrogens is 392 g/mol. The molecule has 0 saturated heterocycles. The Kier molecular flexibility index (Phi) is 6.75. The topological polar surface area (TPSA) is 84.9 Å². The molecule has 150 valence electrons. The average molecular weight is 417 g/mol. The zero-order chi connectivity index (χ0) is 20.4. The van der Waals surface area contributed by atoms with Crippen molar-refractivity contribution in [3.63, 3.8) is 0 Å². The normalized spacial score (nSPS) is 15.0. The minimum Gasteiger partial charge on any atom is -0.462 e. The van der Waals surface area contributed by atoms with E-state index >= 15 is 0 Å². The van der Waals surface area contributed by atoms with Crippen LogP contribution >= 0.6 is 22.9 Å². The zero-order valence-electron chi connectivity index (χ0n) is 16.2. The van der Waals surface area contributed by atoms with E-state index in [0.29, 0.717) is 30.1 Å². The second kappa shape index (κ2) is 8.48. The van der Waals surface area contributed by atoms with Crippen LogP contribution in [0.4, 0.5) is 9.80 Å². The molecular formula is C18H25ClN2O5S. The molecule has 0 fully saturated rings. The number of hydrogen-bond acceptors (Lipinski definition) is 6. The van der Waals surface area contributed by atoms with Crippen molar-refractivity contribution in [1.29, 1.82) is 0 Å². The van der Waals surface area contributed by atoms with Crippen LogP contribution in [-0.4, -0.2) is 47.0 Å². The van der Waals surface area contributed by atoms with Crippen LogP contribution in [0.2, 0.25) is 0 Å². The van der Waals surface area contributed by atoms with Crippen molar-refractivity contribution in [3.8, 4) is 0 Å². The number of hydrogen-bond donors (Lipinski definition) is 1. The van der Waals surface area contributed by atoms with Crippen molar-refractivity contribution in [2.24, 2.45) is 0 Å². The summed E-state index contributed by atoms with van der Waals surface area (Å²) in [7, 11) is 0. The van der Waals surface area contributed by atoms with Crippen molar-refractivity contribution >= 4 is 45.9 Å². The molecule has 0 unspecified atom stereocenters. The molecule has 1 aliphatic heterocycles. The number of carbonyl (C=O) groups excluding carboxylic acids is 3. The number of carbonyl (C=O) groups is 3. The van der Waals surface area contributed by atoms with E-state index < -0.39 is 28.9 Å². The zero-order valence-corrected chi connectivity index (χ0v) is 17.8. The monoisotopic (exact) mass is 416 g/mol. The molecule has 0 radical (unpaired) electrons. The smallest absolute Gasteiger partial charge is 0.410 e. The van der Waals surface area contributed by atoms with Gasteiger partial charge in [-0.3, -0.25) is 4.79 Å². The highest BCUT2D eigenvalue weighted by atomic mass is 35.5. The third-order valence-electron chi connectivity index (χ3n) is 3.79. The number of anilines is 1. The maximum Gasteiger partial charge on any atom is 0.410 e. The van der Waals surface area contributed by atoms with Gasteiger partial charge < -0.3 is 19.7 Å². The summed E-state index contributed by atoms with van der Waals surface area (Å²) in [4.78, 5) is 39.2. The van der Waals surface area contributed by atoms with Gasteiger partial charge in [-0.2, -0.15) is 0 Å². The fourth-order valence-electron chi connectivity index (χ4n) is 2.60. The second-order valence-electron chi connectivity index (χ2n) is 7.19. The Hall–Kier alpha value is -1.80. The summed E-state index contributed by atoms with van der Waals surface area (Å²) >= 11 is 7.09. The molecule has 9 heteroatoms. The highest BCUT2D eigenvalue weighted by Gasteiger charge is 2.32. The number of nitrogens with zero attached hydrogens (tertiary/aromatic N) is 1. The van der Waals surface area contributed by atoms with E-state index in [4.69, 9.17) is 21.1 Å². The highest BCUT2D eigenvalue weighted by Crippen LogP contribution is 2.38. The Balaban J connectivity index is 2.31. The van der Waals surface area contributed by atoms with E-state index in [1.807, 2.05) is 20.8 Å². The van der Waals surface area contributed by atoms with E-state index in [1.54, 1.807) is 18.7 Å². The predicted molar refractivity (Wildman–Crippen MR) is 105 cm³/mol. The molecule has 2 rings (SSSR count). The molecule has 27 heavy (non-hydrogen) atoms. The molecule has 2 heterocycles. The minimum atomic E-state index is -0.738. The van der Waals surface area contributed by atoms with Gasteiger partial charge >= 0.3 is 12.1 Å². The van der Waals surface area contributed by atoms with Gasteiger partial charge in [0, 0.05) is 11.4 Å². The Morgan fingerprint density at radius 3 is 2.56 bits per heavy atom. The van der Waals surface area contributed by atoms with Crippen molar-refractivity contribution in [3.05, 3.63) is 16.0 Å². The van der Waals surface area contributed by atoms with Crippen molar-refractivity contribution in [2.75, 3.05) is 18.5 Å². The van der Waals surface area contributed by atoms with Gasteiger partial charge in [0.1, 0.15) is 16.0 Å². The Labute approximate surface area is 167 Å². The lowest BCUT2D eigenvalue weighted by atomic mass is 10.0. The molecule has 1 atom stereocenters. The maximum absolute atomic E-state index is 12.4. The highest BCUT2D eigenvalue weighted by molar-refractivity contribution is 7.17. The van der Waals surface area contributed by atoms with Crippen molar-refractivity contribution in [1.82, 2.24) is 4.90 Å². The lowest BCUT2D eigenvalue weighted by molar-refractivity contribution is -0.115. The summed E-state index contributed by atoms with van der Waals surface area (Å²) in [5.41, 5.74) is 0.570. The fourth-order valence-corrected chi connectivity index (χ4v) is 3.91. The van der Waals surface area contributed by atoms with Crippen LogP contribution in [0, 0.1) is 0 Å². The third kappa shape index (κ3) is 5.35. The molecule has 0 saturated carbocycles. The molecule has 1 aromatic rings. The maximum atomic E-state index is 12.4. The van der Waals surface area contributed by atoms with Gasteiger partial charge in [-0.1, -0.05) is 0 Å². The average Bonchev–Trinajstić information content (AvgIpc) is 2.90. The summed E-state index contributed by atoms with van der Waals surface area (Å²) in [6.07, 6.45) is 0.0742. The molecule has 0 aromatic carbocycles. The number of thiophene rings is 1. The number of halogens is 1. The van der Waals surface area contributed by atoms with Crippen LogP contribution in [0.15, 0.2) is 0 Å². The quantitative estimate of drug-likeness (QED) is 0.596. The molecule has 0 bridgehead atoms. The van der Waals surface area contributed by atoms with Gasteiger partial charge in [0.2, 0.25) is 5.91 Å². The minimum absolute atomic E-state index is 0.229. The van der Waals surface area contributed by atoms with Crippen LogP contribution in [0.5, 0.6) is 0 Å². The molecule has 7 nitrogen and oxygen atoms in total. The van der Waals surface area contributed by atoms with Crippen molar-refractivity contribution in [2.45, 2.75) is 58.6 Å². The largest absolute Gasteiger partial charge is 0.462 e. The number of amides is 2. The molecule has 1 aliphatic rings. The first-order valence-electron chi connectivity index (χ1n) is 8.78. The Morgan fingerprint density at radius 2 is 2.00 bits per heavy atom. The SMILES string of the molecule is CCOC(=O)c1c(NC(=O)[C@H](C)Cl)sc2c1CCN(C(=O)OC(C)(C)C)C2. The van der Waals surface area contributed by atoms with Gasteiger partial charge in [0.15, 0.2) is 0 Å². The van der Waals surface area contributed by atoms with Crippen LogP contribution in [-0.2, 0) is 27.2 Å². The fraction of sp³-hybridized carbons (Fsp3) is 0.611. The second-order valence-corrected chi connectivity index (χ2v) is 8.95. The number of nitrogens with one attached hydrogen (secondary N) is 1. The molecule has 2 amide bonds. The standard InChI is InChI=1S/C18H25ClN2O5S/c1-6-25-16(23)13-11-7-8-21(17(24)26-18(3,4)5)9-12(11)27-15(13)20-14(22)10(2)19/h10H,6-9H2,1-5H3,(H,20,22)/t10-/m0/s1. The van der Waals surface area contributed by atoms with E-state index in [2.05, 4.69) is 5.32 Å². The van der Waals surface area contributed by atoms with E-state index in [-0.39, 0.29) is 6.61 Å². The molecule has 0 spiro atoms. The van der Waals surface area contributed by atoms with Crippen LogP contribution in [0.25, 0.3) is 0 Å². The van der Waals surface area contributed by atoms with Crippen molar-refractivity contribution < 1.29 is 23.9 Å². The first-order chi connectivity index (χ1) is 12.5. The van der Waals surface area contributed by atoms with E-state index in [0.717, 1.165) is 10.4 Å². The number of fused-ring (bicyclic) bond motifs is 1. The lowest BCUT2D eigenvalue weighted by Crippen LogP contribution is -2.39. The molecule has 0 aliphatic carbocycles. The number of alkyl halides is 1. The first kappa shape index (κ1) is 21.5. The van der Waals surface area contributed by atoms with Crippen LogP contribution in [0.1, 0.15) is 55.4 Å². The Bertz CT molecular complexity index is 739. The third-order valence-corrected chi connectivity index (χ3v) is 5.12. The molecule has 1 N–H and O–H groups in total. The van der Waals surface area contributed by atoms with Crippen LogP contribution in [0.3, 0.4) is 0 Å². The number of rotatable bonds is 4. The number of esters is 1. The van der Waals surface area contributed by atoms with Gasteiger partial charge in [-0.25, -0.2) is 9.59 Å². The summed E-state index contributed by atoms with van der Waals surface area (Å²) in [6.45, 7) is 9.67. The van der Waals surface area contributed by atoms with E-state index in [9.17, 15) is 14.4 Å². The number of ether oxygens (including phenoxy) is 2. The lowest BCUT2D eigenvalue weighted by Gasteiger charge is -2.30. The van der Waals surface area contributed by atoms with Gasteiger partial charge in [-0.15, -0.1) is 22.9 Å². The predicted octanol–water partition coefficient (Wildman–Crippen LogP) is 3.78. The van der Waals surface area contributed by atoms with Gasteiger partial charge in [0.25, 0.3) is 0 Å². The van der Waals surface area contributed by atoms with Gasteiger partial charge in [-0.05, 0) is 46.6 Å². The van der Waals surface area contributed by atoms with E-state index in [1.165, 1.54) is 11.3 Å². The molecule has 1 aromatic heterocycles. The summed E-state index contributed by atoms with van der Waals surface area (Å²) in [5.74, 6) is -0.886. The Morgan fingerprint density at radius 1 is 1.33 bits per heavy atom. The van der Waals surface area contributed by atoms with Gasteiger partial charge in [0.05, 0.1) is 18.7 Å². The summed E-state index contributed by atoms with van der Waals surface area (Å²) in [6, 6.07) is 0.